The van der Waals surface area contributed by atoms with E-state index in [-0.39, 0.29) is 5.57 Å². The molecule has 0 fully saturated rings. The monoisotopic (exact) mass is 290 g/mol. The van der Waals surface area contributed by atoms with E-state index in [0.717, 1.165) is 11.5 Å². The zero-order valence-corrected chi connectivity index (χ0v) is 10.9. The second-order valence-electron chi connectivity index (χ2n) is 5.22. The van der Waals surface area contributed by atoms with Crippen molar-refractivity contribution in [1.82, 2.24) is 0 Å². The maximum atomic E-state index is 11.2. The van der Waals surface area contributed by atoms with E-state index in [9.17, 15) is 20.1 Å². The van der Waals surface area contributed by atoms with Crippen LogP contribution in [-0.4, -0.2) is 44.2 Å². The van der Waals surface area contributed by atoms with Crippen molar-refractivity contribution < 1.29 is 29.6 Å². The highest BCUT2D eigenvalue weighted by Crippen LogP contribution is 2.34. The van der Waals surface area contributed by atoms with Crippen LogP contribution >= 0.6 is 0 Å². The zero-order chi connectivity index (χ0) is 15.2. The molecule has 1 aromatic heterocycles. The van der Waals surface area contributed by atoms with Crippen LogP contribution in [-0.2, 0) is 4.79 Å². The van der Waals surface area contributed by atoms with E-state index in [1.54, 1.807) is 24.3 Å². The molecule has 2 aromatic rings. The maximum Gasteiger partial charge on any atom is 0.339 e. The quantitative estimate of drug-likeness (QED) is 0.649. The first kappa shape index (κ1) is 13.8. The van der Waals surface area contributed by atoms with E-state index in [4.69, 9.17) is 9.52 Å². The molecule has 0 spiro atoms. The number of fused-ring (bicyclic) bond motifs is 1. The standard InChI is InChI=1S/C15H14O6/c16-11-7-15(20,14(18)19)6-10(13(11)17)9-2-1-8-3-4-21-12(8)5-9/h1-6,11,13,16-17,20H,7H2,(H,18,19)/t11-,13-,15+/m1/s1. The summed E-state index contributed by atoms with van der Waals surface area (Å²) < 4.78 is 5.26. The zero-order valence-electron chi connectivity index (χ0n) is 10.9. The first-order valence-corrected chi connectivity index (χ1v) is 6.43. The number of furan rings is 1. The first-order valence-electron chi connectivity index (χ1n) is 6.43. The smallest absolute Gasteiger partial charge is 0.339 e. The van der Waals surface area contributed by atoms with Crippen LogP contribution < -0.4 is 0 Å². The molecule has 0 radical (unpaired) electrons. The van der Waals surface area contributed by atoms with E-state index in [0.29, 0.717) is 11.1 Å². The molecule has 0 aliphatic heterocycles. The number of benzene rings is 1. The number of carbonyl (C=O) groups is 1. The van der Waals surface area contributed by atoms with Gasteiger partial charge in [-0.15, -0.1) is 0 Å². The largest absolute Gasteiger partial charge is 0.479 e. The van der Waals surface area contributed by atoms with Gasteiger partial charge in [-0.3, -0.25) is 0 Å². The van der Waals surface area contributed by atoms with E-state index < -0.39 is 30.2 Å². The van der Waals surface area contributed by atoms with Gasteiger partial charge < -0.3 is 24.8 Å². The van der Waals surface area contributed by atoms with Crippen molar-refractivity contribution in [3.05, 3.63) is 42.2 Å². The van der Waals surface area contributed by atoms with Crippen molar-refractivity contribution in [2.24, 2.45) is 0 Å². The van der Waals surface area contributed by atoms with Gasteiger partial charge in [-0.2, -0.15) is 0 Å². The van der Waals surface area contributed by atoms with Crippen molar-refractivity contribution in [1.29, 1.82) is 0 Å². The highest BCUT2D eigenvalue weighted by molar-refractivity contribution is 5.88. The Kier molecular flexibility index (Phi) is 3.09. The van der Waals surface area contributed by atoms with Gasteiger partial charge in [0.15, 0.2) is 5.60 Å². The van der Waals surface area contributed by atoms with E-state index in [1.165, 1.54) is 6.26 Å². The minimum atomic E-state index is -2.20. The van der Waals surface area contributed by atoms with Crippen LogP contribution in [0.1, 0.15) is 12.0 Å². The third kappa shape index (κ3) is 2.23. The van der Waals surface area contributed by atoms with Gasteiger partial charge in [0.1, 0.15) is 11.7 Å². The summed E-state index contributed by atoms with van der Waals surface area (Å²) in [5, 5.41) is 39.9. The number of aliphatic hydroxyl groups excluding tert-OH is 2. The minimum Gasteiger partial charge on any atom is -0.479 e. The summed E-state index contributed by atoms with van der Waals surface area (Å²) in [6.07, 6.45) is -0.495. The minimum absolute atomic E-state index is 0.164. The Labute approximate surface area is 119 Å². The topological polar surface area (TPSA) is 111 Å². The Hall–Kier alpha value is -2.15. The molecule has 0 bridgehead atoms. The third-order valence-electron chi connectivity index (χ3n) is 3.76. The van der Waals surface area contributed by atoms with Gasteiger partial charge >= 0.3 is 5.97 Å². The molecule has 6 heteroatoms. The Morgan fingerprint density at radius 3 is 2.76 bits per heavy atom. The van der Waals surface area contributed by atoms with Crippen molar-refractivity contribution in [2.45, 2.75) is 24.2 Å². The molecule has 3 rings (SSSR count). The molecule has 21 heavy (non-hydrogen) atoms. The Balaban J connectivity index is 2.12. The predicted molar refractivity (Wildman–Crippen MR) is 73.4 cm³/mol. The predicted octanol–water partition coefficient (Wildman–Crippen LogP) is 0.757. The molecule has 0 saturated heterocycles. The van der Waals surface area contributed by atoms with E-state index in [2.05, 4.69) is 0 Å². The Morgan fingerprint density at radius 1 is 1.29 bits per heavy atom. The molecule has 1 aliphatic carbocycles. The molecule has 110 valence electrons. The van der Waals surface area contributed by atoms with Crippen LogP contribution in [0.5, 0.6) is 0 Å². The van der Waals surface area contributed by atoms with Gasteiger partial charge in [0.05, 0.1) is 12.4 Å². The number of hydrogen-bond acceptors (Lipinski definition) is 5. The molecular formula is C15H14O6. The lowest BCUT2D eigenvalue weighted by molar-refractivity contribution is -0.157. The Bertz CT molecular complexity index is 731. The summed E-state index contributed by atoms with van der Waals surface area (Å²) in [4.78, 5) is 11.2. The summed E-state index contributed by atoms with van der Waals surface area (Å²) in [5.41, 5.74) is -0.980. The lowest BCUT2D eigenvalue weighted by atomic mass is 9.80. The normalized spacial score (nSPS) is 29.4. The maximum absolute atomic E-state index is 11.2. The number of carboxylic acids is 1. The molecule has 0 saturated carbocycles. The van der Waals surface area contributed by atoms with Gasteiger partial charge in [0, 0.05) is 11.8 Å². The average Bonchev–Trinajstić information content (AvgIpc) is 2.90. The highest BCUT2D eigenvalue weighted by atomic mass is 16.4. The van der Waals surface area contributed by atoms with Gasteiger partial charge in [-0.25, -0.2) is 4.79 Å². The highest BCUT2D eigenvalue weighted by Gasteiger charge is 2.43. The van der Waals surface area contributed by atoms with Gasteiger partial charge in [-0.1, -0.05) is 12.1 Å². The van der Waals surface area contributed by atoms with Crippen LogP contribution in [0.4, 0.5) is 0 Å². The number of aliphatic hydroxyl groups is 3. The first-order chi connectivity index (χ1) is 9.90. The number of hydrogen-bond donors (Lipinski definition) is 4. The van der Waals surface area contributed by atoms with Crippen LogP contribution in [0.25, 0.3) is 16.5 Å². The molecule has 4 N–H and O–H groups in total. The van der Waals surface area contributed by atoms with Crippen LogP contribution in [0.3, 0.4) is 0 Å². The van der Waals surface area contributed by atoms with Crippen LogP contribution in [0.2, 0.25) is 0 Å². The van der Waals surface area contributed by atoms with Crippen molar-refractivity contribution >= 4 is 22.5 Å². The Morgan fingerprint density at radius 2 is 2.05 bits per heavy atom. The second-order valence-corrected chi connectivity index (χ2v) is 5.22. The molecule has 1 aliphatic rings. The van der Waals surface area contributed by atoms with Crippen molar-refractivity contribution in [3.8, 4) is 0 Å². The average molecular weight is 290 g/mol. The van der Waals surface area contributed by atoms with Crippen LogP contribution in [0.15, 0.2) is 41.0 Å². The fraction of sp³-hybridized carbons (Fsp3) is 0.267. The van der Waals surface area contributed by atoms with Crippen molar-refractivity contribution in [3.63, 3.8) is 0 Å². The van der Waals surface area contributed by atoms with E-state index in [1.807, 2.05) is 0 Å². The SMILES string of the molecule is O=C(O)[C@]1(O)C=C(c2ccc3ccoc3c2)[C@@H](O)[C@H](O)C1. The second kappa shape index (κ2) is 4.70. The van der Waals surface area contributed by atoms with Gasteiger partial charge in [0.2, 0.25) is 0 Å². The molecule has 0 amide bonds. The summed E-state index contributed by atoms with van der Waals surface area (Å²) >= 11 is 0. The van der Waals surface area contributed by atoms with E-state index >= 15 is 0 Å². The fourth-order valence-corrected chi connectivity index (χ4v) is 2.58. The summed E-state index contributed by atoms with van der Waals surface area (Å²) in [7, 11) is 0. The fourth-order valence-electron chi connectivity index (χ4n) is 2.58. The number of carboxylic acid groups (broad SMARTS) is 1. The molecular weight excluding hydrogens is 276 g/mol. The van der Waals surface area contributed by atoms with Gasteiger partial charge in [0.25, 0.3) is 0 Å². The molecule has 3 atom stereocenters. The lowest BCUT2D eigenvalue weighted by Gasteiger charge is -2.33. The lowest BCUT2D eigenvalue weighted by Crippen LogP contribution is -2.47. The molecule has 1 heterocycles. The van der Waals surface area contributed by atoms with Crippen LogP contribution in [0, 0.1) is 0 Å². The summed E-state index contributed by atoms with van der Waals surface area (Å²) in [6.45, 7) is 0. The number of rotatable bonds is 2. The molecule has 0 unspecified atom stereocenters. The molecule has 6 nitrogen and oxygen atoms in total. The summed E-state index contributed by atoms with van der Waals surface area (Å²) in [6, 6.07) is 6.83. The van der Waals surface area contributed by atoms with Crippen molar-refractivity contribution in [2.75, 3.05) is 0 Å². The third-order valence-corrected chi connectivity index (χ3v) is 3.76. The van der Waals surface area contributed by atoms with Gasteiger partial charge in [-0.05, 0) is 29.3 Å². The molecule has 1 aromatic carbocycles. The summed E-state index contributed by atoms with van der Waals surface area (Å²) in [5.74, 6) is -1.47. The number of aliphatic carboxylic acids is 1.